The number of benzene rings is 1. The van der Waals surface area contributed by atoms with E-state index in [9.17, 15) is 17.6 Å². The smallest absolute Gasteiger partial charge is 0.252 e. The Balaban J connectivity index is 1.48. The summed E-state index contributed by atoms with van der Waals surface area (Å²) in [7, 11) is -3.79. The molecular weight excluding hydrogens is 467 g/mol. The molecule has 0 radical (unpaired) electrons. The molecule has 2 aromatic heterocycles. The maximum absolute atomic E-state index is 13.2. The molecule has 1 aromatic carbocycles. The zero-order chi connectivity index (χ0) is 22.2. The van der Waals surface area contributed by atoms with Crippen LogP contribution in [-0.4, -0.2) is 41.9 Å². The van der Waals surface area contributed by atoms with E-state index in [0.717, 1.165) is 17.4 Å². The van der Waals surface area contributed by atoms with Crippen LogP contribution in [0.3, 0.4) is 0 Å². The van der Waals surface area contributed by atoms with Gasteiger partial charge in [0.25, 0.3) is 10.0 Å². The first-order valence-electron chi connectivity index (χ1n) is 9.39. The lowest BCUT2D eigenvalue weighted by molar-refractivity contribution is -0.120. The minimum Gasteiger partial charge on any atom is -0.339 e. The van der Waals surface area contributed by atoms with Gasteiger partial charge in [-0.05, 0) is 37.1 Å². The van der Waals surface area contributed by atoms with Gasteiger partial charge in [-0.2, -0.15) is 9.29 Å². The van der Waals surface area contributed by atoms with Crippen LogP contribution < -0.4 is 5.32 Å². The first kappa shape index (κ1) is 21.9. The molecule has 0 aliphatic carbocycles. The predicted octanol–water partition coefficient (Wildman–Crippen LogP) is 3.94. The van der Waals surface area contributed by atoms with Crippen molar-refractivity contribution in [2.24, 2.45) is 5.92 Å². The van der Waals surface area contributed by atoms with Crippen LogP contribution in [0.4, 0.5) is 10.1 Å². The normalized spacial score (nSPS) is 17.6. The molecule has 0 spiro atoms. The number of halogens is 2. The maximum Gasteiger partial charge on any atom is 0.252 e. The van der Waals surface area contributed by atoms with E-state index in [1.54, 1.807) is 12.3 Å². The number of anilines is 1. The summed E-state index contributed by atoms with van der Waals surface area (Å²) < 4.78 is 45.9. The molecule has 1 unspecified atom stereocenters. The first-order valence-corrected chi connectivity index (χ1v) is 12.1. The van der Waals surface area contributed by atoms with Crippen LogP contribution in [0.15, 0.2) is 38.4 Å². The van der Waals surface area contributed by atoms with Crippen LogP contribution in [0, 0.1) is 18.7 Å². The molecule has 1 fully saturated rings. The number of sulfonamides is 1. The van der Waals surface area contributed by atoms with E-state index < -0.39 is 21.8 Å². The van der Waals surface area contributed by atoms with E-state index in [0.29, 0.717) is 36.7 Å². The summed E-state index contributed by atoms with van der Waals surface area (Å²) in [5.41, 5.74) is 0.837. The SMILES string of the molecule is Cc1nc(-c2csc(S(=O)(=O)N3CCCC(C(=O)Nc4ccc(F)cc4Cl)C3)c2)no1. The lowest BCUT2D eigenvalue weighted by atomic mass is 9.98. The highest BCUT2D eigenvalue weighted by Gasteiger charge is 2.34. The minimum atomic E-state index is -3.79. The number of amides is 1. The van der Waals surface area contributed by atoms with Gasteiger partial charge in [-0.25, -0.2) is 12.8 Å². The highest BCUT2D eigenvalue weighted by Crippen LogP contribution is 2.32. The van der Waals surface area contributed by atoms with Crippen LogP contribution in [-0.2, 0) is 14.8 Å². The molecule has 4 rings (SSSR count). The Hall–Kier alpha value is -2.34. The van der Waals surface area contributed by atoms with E-state index in [-0.39, 0.29) is 27.4 Å². The van der Waals surface area contributed by atoms with Crippen LogP contribution in [0.25, 0.3) is 11.4 Å². The molecule has 1 amide bonds. The van der Waals surface area contributed by atoms with E-state index in [4.69, 9.17) is 16.1 Å². The zero-order valence-electron chi connectivity index (χ0n) is 16.3. The Labute approximate surface area is 187 Å². The second-order valence-electron chi connectivity index (χ2n) is 7.11. The van der Waals surface area contributed by atoms with E-state index >= 15 is 0 Å². The topological polar surface area (TPSA) is 105 Å². The molecule has 31 heavy (non-hydrogen) atoms. The predicted molar refractivity (Wildman–Crippen MR) is 114 cm³/mol. The number of nitrogens with zero attached hydrogens (tertiary/aromatic N) is 3. The number of rotatable bonds is 5. The zero-order valence-corrected chi connectivity index (χ0v) is 18.7. The Morgan fingerprint density at radius 2 is 2.19 bits per heavy atom. The van der Waals surface area contributed by atoms with Gasteiger partial charge in [-0.1, -0.05) is 16.8 Å². The van der Waals surface area contributed by atoms with Crippen molar-refractivity contribution in [2.75, 3.05) is 18.4 Å². The van der Waals surface area contributed by atoms with Gasteiger partial charge in [-0.15, -0.1) is 11.3 Å². The third kappa shape index (κ3) is 4.64. The quantitative estimate of drug-likeness (QED) is 0.588. The summed E-state index contributed by atoms with van der Waals surface area (Å²) in [6.07, 6.45) is 1.07. The number of thiophene rings is 1. The van der Waals surface area contributed by atoms with Crippen LogP contribution in [0.1, 0.15) is 18.7 Å². The lowest BCUT2D eigenvalue weighted by Crippen LogP contribution is -2.43. The van der Waals surface area contributed by atoms with Gasteiger partial charge in [0.2, 0.25) is 17.6 Å². The van der Waals surface area contributed by atoms with Crippen LogP contribution in [0.5, 0.6) is 0 Å². The summed E-state index contributed by atoms with van der Waals surface area (Å²) in [5.74, 6) is -0.713. The number of aromatic nitrogens is 2. The molecule has 12 heteroatoms. The van der Waals surface area contributed by atoms with Crippen molar-refractivity contribution in [1.82, 2.24) is 14.4 Å². The van der Waals surface area contributed by atoms with E-state index in [2.05, 4.69) is 15.5 Å². The second kappa shape index (κ2) is 8.65. The van der Waals surface area contributed by atoms with Crippen molar-refractivity contribution in [3.05, 3.63) is 46.4 Å². The van der Waals surface area contributed by atoms with Crippen molar-refractivity contribution < 1.29 is 22.1 Å². The van der Waals surface area contributed by atoms with Crippen LogP contribution in [0.2, 0.25) is 5.02 Å². The highest BCUT2D eigenvalue weighted by molar-refractivity contribution is 7.91. The Bertz CT molecular complexity index is 1230. The Morgan fingerprint density at radius 3 is 2.90 bits per heavy atom. The highest BCUT2D eigenvalue weighted by atomic mass is 35.5. The van der Waals surface area contributed by atoms with Gasteiger partial charge in [0, 0.05) is 31.0 Å². The number of piperidine rings is 1. The molecule has 1 atom stereocenters. The third-order valence-corrected chi connectivity index (χ3v) is 8.49. The number of hydrogen-bond donors (Lipinski definition) is 1. The fourth-order valence-electron chi connectivity index (χ4n) is 3.31. The molecule has 3 aromatic rings. The summed E-state index contributed by atoms with van der Waals surface area (Å²) in [6.45, 7) is 2.01. The maximum atomic E-state index is 13.2. The molecule has 1 N–H and O–H groups in total. The number of hydrogen-bond acceptors (Lipinski definition) is 7. The molecule has 1 aliphatic heterocycles. The molecule has 8 nitrogen and oxygen atoms in total. The van der Waals surface area contributed by atoms with Gasteiger partial charge < -0.3 is 9.84 Å². The van der Waals surface area contributed by atoms with Crippen molar-refractivity contribution in [2.45, 2.75) is 24.0 Å². The van der Waals surface area contributed by atoms with Crippen molar-refractivity contribution in [1.29, 1.82) is 0 Å². The minimum absolute atomic E-state index is 0.0432. The van der Waals surface area contributed by atoms with Gasteiger partial charge >= 0.3 is 0 Å². The summed E-state index contributed by atoms with van der Waals surface area (Å²) in [6, 6.07) is 5.18. The van der Waals surface area contributed by atoms with Crippen LogP contribution >= 0.6 is 22.9 Å². The number of carbonyl (C=O) groups excluding carboxylic acids is 1. The van der Waals surface area contributed by atoms with Gasteiger partial charge in [0.05, 0.1) is 16.6 Å². The number of carbonyl (C=O) groups is 1. The van der Waals surface area contributed by atoms with E-state index in [1.165, 1.54) is 22.5 Å². The number of aryl methyl sites for hydroxylation is 1. The average Bonchev–Trinajstić information content (AvgIpc) is 3.39. The van der Waals surface area contributed by atoms with Gasteiger partial charge in [-0.3, -0.25) is 4.79 Å². The molecule has 3 heterocycles. The summed E-state index contributed by atoms with van der Waals surface area (Å²) >= 11 is 7.04. The summed E-state index contributed by atoms with van der Waals surface area (Å²) in [5, 5.41) is 8.20. The largest absolute Gasteiger partial charge is 0.339 e. The molecular formula is C19H18ClFN4O4S2. The van der Waals surface area contributed by atoms with Crippen molar-refractivity contribution in [3.8, 4) is 11.4 Å². The monoisotopic (exact) mass is 484 g/mol. The number of nitrogens with one attached hydrogen (secondary N) is 1. The first-order chi connectivity index (χ1) is 14.7. The van der Waals surface area contributed by atoms with E-state index in [1.807, 2.05) is 0 Å². The molecule has 0 saturated carbocycles. The fourth-order valence-corrected chi connectivity index (χ4v) is 6.36. The Morgan fingerprint density at radius 1 is 1.39 bits per heavy atom. The third-order valence-electron chi connectivity index (χ3n) is 4.90. The van der Waals surface area contributed by atoms with Crippen molar-refractivity contribution >= 4 is 44.6 Å². The molecule has 0 bridgehead atoms. The summed E-state index contributed by atoms with van der Waals surface area (Å²) in [4.78, 5) is 16.8. The molecule has 164 valence electrons. The standard InChI is InChI=1S/C19H18ClFN4O4S2/c1-11-22-18(24-29-11)13-7-17(30-10-13)31(27,28)25-6-2-3-12(9-25)19(26)23-16-5-4-14(21)8-15(16)20/h4-5,7-8,10,12H,2-3,6,9H2,1H3,(H,23,26). The lowest BCUT2D eigenvalue weighted by Gasteiger charge is -2.30. The van der Waals surface area contributed by atoms with Crippen molar-refractivity contribution in [3.63, 3.8) is 0 Å². The molecule has 1 saturated heterocycles. The van der Waals surface area contributed by atoms with Gasteiger partial charge in [0.1, 0.15) is 10.0 Å². The van der Waals surface area contributed by atoms with Gasteiger partial charge in [0.15, 0.2) is 0 Å². The molecule has 1 aliphatic rings. The average molecular weight is 485 g/mol. The second-order valence-corrected chi connectivity index (χ2v) is 10.6. The Kier molecular flexibility index (Phi) is 6.11. The fraction of sp³-hybridized carbons (Fsp3) is 0.316.